The third kappa shape index (κ3) is 4.34. The van der Waals surface area contributed by atoms with Gasteiger partial charge in [0.2, 0.25) is 0 Å². The SMILES string of the molecule is C=CCN(CC(=O)O)C(=O)NC(C)c1sc(C)nc1C. The minimum atomic E-state index is -1.06. The summed E-state index contributed by atoms with van der Waals surface area (Å²) in [6.45, 7) is 9.00. The van der Waals surface area contributed by atoms with Crippen molar-refractivity contribution < 1.29 is 14.7 Å². The van der Waals surface area contributed by atoms with Crippen LogP contribution in [0.1, 0.15) is 28.5 Å². The van der Waals surface area contributed by atoms with Crippen molar-refractivity contribution in [3.05, 3.63) is 28.2 Å². The van der Waals surface area contributed by atoms with Crippen LogP contribution in [0.4, 0.5) is 4.79 Å². The summed E-state index contributed by atoms with van der Waals surface area (Å²) in [5.74, 6) is -1.06. The summed E-state index contributed by atoms with van der Waals surface area (Å²) in [5, 5.41) is 12.5. The molecular weight excluding hydrogens is 278 g/mol. The average Bonchev–Trinajstić information content (AvgIpc) is 2.67. The van der Waals surface area contributed by atoms with Crippen molar-refractivity contribution >= 4 is 23.3 Å². The van der Waals surface area contributed by atoms with Crippen LogP contribution >= 0.6 is 11.3 Å². The molecule has 110 valence electrons. The normalized spacial score (nSPS) is 11.8. The zero-order chi connectivity index (χ0) is 15.3. The Hall–Kier alpha value is -1.89. The highest BCUT2D eigenvalue weighted by Gasteiger charge is 2.20. The number of urea groups is 1. The number of aliphatic carboxylic acids is 1. The molecule has 1 aromatic rings. The Morgan fingerprint density at radius 1 is 1.55 bits per heavy atom. The van der Waals surface area contributed by atoms with E-state index in [-0.39, 0.29) is 19.1 Å². The van der Waals surface area contributed by atoms with Crippen LogP contribution in [0.3, 0.4) is 0 Å². The second-order valence-electron chi connectivity index (χ2n) is 4.42. The summed E-state index contributed by atoms with van der Waals surface area (Å²) in [6, 6.07) is -0.639. The van der Waals surface area contributed by atoms with Gasteiger partial charge in [0, 0.05) is 11.4 Å². The first-order valence-electron chi connectivity index (χ1n) is 6.17. The lowest BCUT2D eigenvalue weighted by Crippen LogP contribution is -2.43. The van der Waals surface area contributed by atoms with Gasteiger partial charge in [-0.25, -0.2) is 9.78 Å². The van der Waals surface area contributed by atoms with E-state index in [0.29, 0.717) is 0 Å². The molecule has 0 radical (unpaired) electrons. The van der Waals surface area contributed by atoms with Gasteiger partial charge in [-0.2, -0.15) is 0 Å². The van der Waals surface area contributed by atoms with E-state index >= 15 is 0 Å². The first-order valence-corrected chi connectivity index (χ1v) is 6.98. The predicted molar refractivity (Wildman–Crippen MR) is 77.9 cm³/mol. The Bertz CT molecular complexity index is 513. The van der Waals surface area contributed by atoms with Crippen LogP contribution in [-0.4, -0.2) is 40.1 Å². The quantitative estimate of drug-likeness (QED) is 0.788. The van der Waals surface area contributed by atoms with Gasteiger partial charge in [0.15, 0.2) is 0 Å². The molecule has 1 aromatic heterocycles. The lowest BCUT2D eigenvalue weighted by molar-refractivity contribution is -0.137. The highest BCUT2D eigenvalue weighted by atomic mass is 32.1. The molecule has 0 aliphatic rings. The topological polar surface area (TPSA) is 82.5 Å². The van der Waals surface area contributed by atoms with Crippen molar-refractivity contribution in [2.45, 2.75) is 26.8 Å². The largest absolute Gasteiger partial charge is 0.480 e. The van der Waals surface area contributed by atoms with Gasteiger partial charge in [-0.3, -0.25) is 4.79 Å². The fourth-order valence-corrected chi connectivity index (χ4v) is 2.76. The van der Waals surface area contributed by atoms with Gasteiger partial charge in [0.05, 0.1) is 16.7 Å². The summed E-state index contributed by atoms with van der Waals surface area (Å²) in [7, 11) is 0. The summed E-state index contributed by atoms with van der Waals surface area (Å²) in [6.07, 6.45) is 1.50. The van der Waals surface area contributed by atoms with E-state index in [2.05, 4.69) is 16.9 Å². The van der Waals surface area contributed by atoms with Gasteiger partial charge in [0.1, 0.15) is 6.54 Å². The monoisotopic (exact) mass is 297 g/mol. The summed E-state index contributed by atoms with van der Waals surface area (Å²) >= 11 is 1.52. The van der Waals surface area contributed by atoms with Crippen LogP contribution in [0, 0.1) is 13.8 Å². The predicted octanol–water partition coefficient (Wildman–Crippen LogP) is 2.10. The lowest BCUT2D eigenvalue weighted by Gasteiger charge is -2.22. The third-order valence-electron chi connectivity index (χ3n) is 2.64. The molecule has 1 atom stereocenters. The lowest BCUT2D eigenvalue weighted by atomic mass is 10.2. The molecule has 2 amide bonds. The molecular formula is C13H19N3O3S. The number of carbonyl (C=O) groups is 2. The highest BCUT2D eigenvalue weighted by Crippen LogP contribution is 2.24. The van der Waals surface area contributed by atoms with Crippen LogP contribution in [0.2, 0.25) is 0 Å². The Balaban J connectivity index is 2.74. The second kappa shape index (κ2) is 7.04. The number of nitrogens with one attached hydrogen (secondary N) is 1. The van der Waals surface area contributed by atoms with Crippen LogP contribution in [-0.2, 0) is 4.79 Å². The number of aryl methyl sites for hydroxylation is 2. The Morgan fingerprint density at radius 2 is 2.20 bits per heavy atom. The molecule has 0 aliphatic carbocycles. The number of amides is 2. The van der Waals surface area contributed by atoms with Crippen molar-refractivity contribution in [2.24, 2.45) is 0 Å². The van der Waals surface area contributed by atoms with Crippen LogP contribution in [0.15, 0.2) is 12.7 Å². The van der Waals surface area contributed by atoms with Gasteiger partial charge in [-0.05, 0) is 20.8 Å². The van der Waals surface area contributed by atoms with Crippen molar-refractivity contribution in [1.82, 2.24) is 15.2 Å². The van der Waals surface area contributed by atoms with Gasteiger partial charge in [0.25, 0.3) is 0 Å². The number of aromatic nitrogens is 1. The van der Waals surface area contributed by atoms with Crippen molar-refractivity contribution in [2.75, 3.05) is 13.1 Å². The molecule has 0 aromatic carbocycles. The molecule has 0 bridgehead atoms. The van der Waals surface area contributed by atoms with Crippen LogP contribution < -0.4 is 5.32 Å². The second-order valence-corrected chi connectivity index (χ2v) is 5.65. The number of carboxylic acids is 1. The van der Waals surface area contributed by atoms with Gasteiger partial charge in [-0.1, -0.05) is 6.08 Å². The Labute approximate surface area is 122 Å². The van der Waals surface area contributed by atoms with E-state index < -0.39 is 12.0 Å². The molecule has 7 heteroatoms. The molecule has 0 aliphatic heterocycles. The maximum atomic E-state index is 12.1. The minimum absolute atomic E-state index is 0.186. The number of carbonyl (C=O) groups excluding carboxylic acids is 1. The first kappa shape index (κ1) is 16.2. The molecule has 6 nitrogen and oxygen atoms in total. The zero-order valence-corrected chi connectivity index (χ0v) is 12.7. The van der Waals surface area contributed by atoms with E-state index in [1.165, 1.54) is 22.3 Å². The van der Waals surface area contributed by atoms with E-state index in [4.69, 9.17) is 5.11 Å². The number of rotatable bonds is 6. The fourth-order valence-electron chi connectivity index (χ4n) is 1.83. The number of hydrogen-bond donors (Lipinski definition) is 2. The molecule has 20 heavy (non-hydrogen) atoms. The molecule has 2 N–H and O–H groups in total. The van der Waals surface area contributed by atoms with Crippen molar-refractivity contribution in [3.63, 3.8) is 0 Å². The van der Waals surface area contributed by atoms with E-state index in [1.807, 2.05) is 20.8 Å². The molecule has 1 unspecified atom stereocenters. The van der Waals surface area contributed by atoms with E-state index in [1.54, 1.807) is 0 Å². The summed E-state index contributed by atoms with van der Waals surface area (Å²) in [5.41, 5.74) is 0.883. The maximum absolute atomic E-state index is 12.1. The van der Waals surface area contributed by atoms with Crippen LogP contribution in [0.5, 0.6) is 0 Å². The van der Waals surface area contributed by atoms with Gasteiger partial charge < -0.3 is 15.3 Å². The standard InChI is InChI=1S/C13H19N3O3S/c1-5-6-16(7-11(17)18)13(19)15-9(3)12-8(2)14-10(4)20-12/h5,9H,1,6-7H2,2-4H3,(H,15,19)(H,17,18). The van der Waals surface area contributed by atoms with Gasteiger partial charge in [-0.15, -0.1) is 17.9 Å². The summed E-state index contributed by atoms with van der Waals surface area (Å²) in [4.78, 5) is 29.3. The number of nitrogens with zero attached hydrogens (tertiary/aromatic N) is 2. The molecule has 0 saturated carbocycles. The Kier molecular flexibility index (Phi) is 5.69. The highest BCUT2D eigenvalue weighted by molar-refractivity contribution is 7.11. The number of hydrogen-bond acceptors (Lipinski definition) is 4. The van der Waals surface area contributed by atoms with Gasteiger partial charge >= 0.3 is 12.0 Å². The van der Waals surface area contributed by atoms with E-state index in [0.717, 1.165) is 15.6 Å². The van der Waals surface area contributed by atoms with E-state index in [9.17, 15) is 9.59 Å². The first-order chi connectivity index (χ1) is 9.35. The molecule has 1 heterocycles. The number of thiazole rings is 1. The Morgan fingerprint density at radius 3 is 2.65 bits per heavy atom. The zero-order valence-electron chi connectivity index (χ0n) is 11.8. The van der Waals surface area contributed by atoms with Crippen molar-refractivity contribution in [3.8, 4) is 0 Å². The smallest absolute Gasteiger partial charge is 0.323 e. The number of carboxylic acid groups (broad SMARTS) is 1. The fraction of sp³-hybridized carbons (Fsp3) is 0.462. The molecule has 0 fully saturated rings. The third-order valence-corrected chi connectivity index (χ3v) is 3.89. The maximum Gasteiger partial charge on any atom is 0.323 e. The average molecular weight is 297 g/mol. The van der Waals surface area contributed by atoms with Crippen molar-refractivity contribution in [1.29, 1.82) is 0 Å². The van der Waals surface area contributed by atoms with Crippen LogP contribution in [0.25, 0.3) is 0 Å². The summed E-state index contributed by atoms with van der Waals surface area (Å²) < 4.78 is 0. The minimum Gasteiger partial charge on any atom is -0.480 e. The molecule has 0 saturated heterocycles. The molecule has 1 rings (SSSR count). The molecule has 0 spiro atoms.